The SMILES string of the molecule is CC(C)[C@@H](CP(c1ccccc1)c1ccccc1)NC(=S)NC(c1ccccc1)c1ccccc1. The second kappa shape index (κ2) is 12.6. The molecule has 0 unspecified atom stereocenters. The van der Waals surface area contributed by atoms with Gasteiger partial charge >= 0.3 is 0 Å². The van der Waals surface area contributed by atoms with Crippen LogP contribution < -0.4 is 21.2 Å². The molecule has 0 bridgehead atoms. The van der Waals surface area contributed by atoms with Gasteiger partial charge in [-0.2, -0.15) is 0 Å². The Morgan fingerprint density at radius 2 is 1.03 bits per heavy atom. The Balaban J connectivity index is 1.54. The molecule has 4 aromatic carbocycles. The van der Waals surface area contributed by atoms with E-state index in [1.54, 1.807) is 0 Å². The van der Waals surface area contributed by atoms with E-state index >= 15 is 0 Å². The molecule has 35 heavy (non-hydrogen) atoms. The zero-order chi connectivity index (χ0) is 24.5. The average Bonchev–Trinajstić information content (AvgIpc) is 2.91. The van der Waals surface area contributed by atoms with Crippen LogP contribution in [0.15, 0.2) is 121 Å². The fourth-order valence-corrected chi connectivity index (χ4v) is 7.15. The van der Waals surface area contributed by atoms with Crippen LogP contribution >= 0.6 is 20.1 Å². The molecule has 0 aromatic heterocycles. The van der Waals surface area contributed by atoms with Crippen molar-refractivity contribution in [3.8, 4) is 0 Å². The van der Waals surface area contributed by atoms with Crippen LogP contribution in [-0.2, 0) is 0 Å². The standard InChI is InChI=1S/C31H33N2PS/c1-24(2)29(23-34(27-19-11-5-12-20-27)28-21-13-6-14-22-28)32-31(35)33-30(25-15-7-3-8-16-25)26-17-9-4-10-18-26/h3-22,24,29-30H,23H2,1-2H3,(H2,32,33,35)/t29-/m1/s1. The lowest BCUT2D eigenvalue weighted by molar-refractivity contribution is 0.487. The van der Waals surface area contributed by atoms with E-state index in [1.807, 2.05) is 12.1 Å². The molecular formula is C31H33N2PS. The van der Waals surface area contributed by atoms with Crippen LogP contribution in [0.3, 0.4) is 0 Å². The molecule has 0 spiro atoms. The number of hydrogen-bond donors (Lipinski definition) is 2. The highest BCUT2D eigenvalue weighted by molar-refractivity contribution is 7.80. The van der Waals surface area contributed by atoms with Gasteiger partial charge in [0, 0.05) is 6.04 Å². The fraction of sp³-hybridized carbons (Fsp3) is 0.194. The molecule has 4 heteroatoms. The quantitative estimate of drug-likeness (QED) is 0.207. The lowest BCUT2D eigenvalue weighted by Crippen LogP contribution is -2.47. The van der Waals surface area contributed by atoms with E-state index in [-0.39, 0.29) is 12.1 Å². The first-order valence-electron chi connectivity index (χ1n) is 12.2. The second-order valence-electron chi connectivity index (χ2n) is 9.00. The molecule has 2 N–H and O–H groups in total. The molecule has 4 rings (SSSR count). The van der Waals surface area contributed by atoms with Crippen molar-refractivity contribution in [2.45, 2.75) is 25.9 Å². The van der Waals surface area contributed by atoms with E-state index in [0.717, 1.165) is 6.16 Å². The highest BCUT2D eigenvalue weighted by Gasteiger charge is 2.24. The third-order valence-corrected chi connectivity index (χ3v) is 9.01. The molecule has 0 saturated heterocycles. The minimum Gasteiger partial charge on any atom is -0.359 e. The summed E-state index contributed by atoms with van der Waals surface area (Å²) in [4.78, 5) is 0. The predicted octanol–water partition coefficient (Wildman–Crippen LogP) is 6.40. The van der Waals surface area contributed by atoms with Crippen molar-refractivity contribution >= 4 is 35.9 Å². The maximum atomic E-state index is 5.90. The smallest absolute Gasteiger partial charge is 0.167 e. The molecule has 0 saturated carbocycles. The van der Waals surface area contributed by atoms with Gasteiger partial charge in [-0.15, -0.1) is 0 Å². The Bertz CT molecular complexity index is 1090. The largest absolute Gasteiger partial charge is 0.359 e. The van der Waals surface area contributed by atoms with Crippen LogP contribution in [0.5, 0.6) is 0 Å². The van der Waals surface area contributed by atoms with E-state index < -0.39 is 7.92 Å². The number of benzene rings is 4. The minimum atomic E-state index is -0.511. The van der Waals surface area contributed by atoms with Crippen LogP contribution in [-0.4, -0.2) is 17.3 Å². The van der Waals surface area contributed by atoms with Crippen molar-refractivity contribution in [2.75, 3.05) is 6.16 Å². The van der Waals surface area contributed by atoms with Crippen LogP contribution in [0.4, 0.5) is 0 Å². The average molecular weight is 497 g/mol. The van der Waals surface area contributed by atoms with Gasteiger partial charge in [-0.25, -0.2) is 0 Å². The normalized spacial score (nSPS) is 12.0. The summed E-state index contributed by atoms with van der Waals surface area (Å²) in [6, 6.07) is 43.0. The maximum absolute atomic E-state index is 5.90. The first-order valence-corrected chi connectivity index (χ1v) is 14.1. The van der Waals surface area contributed by atoms with E-state index in [2.05, 4.69) is 134 Å². The van der Waals surface area contributed by atoms with Gasteiger partial charge in [0.2, 0.25) is 0 Å². The summed E-state index contributed by atoms with van der Waals surface area (Å²) in [5.41, 5.74) is 2.39. The van der Waals surface area contributed by atoms with Gasteiger partial charge in [0.05, 0.1) is 6.04 Å². The van der Waals surface area contributed by atoms with Crippen molar-refractivity contribution in [3.05, 3.63) is 132 Å². The number of nitrogens with one attached hydrogen (secondary N) is 2. The van der Waals surface area contributed by atoms with Crippen molar-refractivity contribution in [3.63, 3.8) is 0 Å². The first-order chi connectivity index (χ1) is 17.1. The van der Waals surface area contributed by atoms with Gasteiger partial charge in [0.25, 0.3) is 0 Å². The van der Waals surface area contributed by atoms with E-state index in [4.69, 9.17) is 12.2 Å². The van der Waals surface area contributed by atoms with Crippen LogP contribution in [0.2, 0.25) is 0 Å². The van der Waals surface area contributed by atoms with Gasteiger partial charge < -0.3 is 10.6 Å². The molecule has 2 nitrogen and oxygen atoms in total. The number of hydrogen-bond acceptors (Lipinski definition) is 1. The molecule has 0 aliphatic rings. The van der Waals surface area contributed by atoms with Crippen molar-refractivity contribution in [1.29, 1.82) is 0 Å². The summed E-state index contributed by atoms with van der Waals surface area (Å²) in [5, 5.41) is 10.8. The zero-order valence-corrected chi connectivity index (χ0v) is 22.1. The Hall–Kier alpha value is -3.00. The molecule has 0 amide bonds. The molecule has 0 radical (unpaired) electrons. The third kappa shape index (κ3) is 7.01. The van der Waals surface area contributed by atoms with Gasteiger partial charge in [0.1, 0.15) is 0 Å². The first kappa shape index (κ1) is 25.1. The third-order valence-electron chi connectivity index (χ3n) is 6.18. The summed E-state index contributed by atoms with van der Waals surface area (Å²) < 4.78 is 0. The van der Waals surface area contributed by atoms with Gasteiger partial charge in [-0.3, -0.25) is 0 Å². The predicted molar refractivity (Wildman–Crippen MR) is 156 cm³/mol. The lowest BCUT2D eigenvalue weighted by atomic mass is 9.99. The molecule has 0 fully saturated rings. The monoisotopic (exact) mass is 496 g/mol. The van der Waals surface area contributed by atoms with Crippen molar-refractivity contribution in [2.24, 2.45) is 5.92 Å². The summed E-state index contributed by atoms with van der Waals surface area (Å²) in [5.74, 6) is 0.430. The second-order valence-corrected chi connectivity index (χ2v) is 11.7. The van der Waals surface area contributed by atoms with Crippen LogP contribution in [0.25, 0.3) is 0 Å². The molecule has 4 aromatic rings. The van der Waals surface area contributed by atoms with Gasteiger partial charge in [-0.05, 0) is 54.0 Å². The molecule has 0 heterocycles. The maximum Gasteiger partial charge on any atom is 0.167 e. The Morgan fingerprint density at radius 3 is 1.43 bits per heavy atom. The molecular weight excluding hydrogens is 463 g/mol. The summed E-state index contributed by atoms with van der Waals surface area (Å²) >= 11 is 5.90. The zero-order valence-electron chi connectivity index (χ0n) is 20.3. The van der Waals surface area contributed by atoms with Crippen molar-refractivity contribution < 1.29 is 0 Å². The summed E-state index contributed by atoms with van der Waals surface area (Å²) in [6.07, 6.45) is 1.02. The Labute approximate surface area is 216 Å². The topological polar surface area (TPSA) is 24.1 Å². The lowest BCUT2D eigenvalue weighted by Gasteiger charge is -2.31. The fourth-order valence-electron chi connectivity index (χ4n) is 4.19. The van der Waals surface area contributed by atoms with E-state index in [0.29, 0.717) is 11.0 Å². The highest BCUT2D eigenvalue weighted by Crippen LogP contribution is 2.35. The molecule has 1 atom stereocenters. The number of thiocarbonyl (C=S) groups is 1. The molecule has 178 valence electrons. The van der Waals surface area contributed by atoms with E-state index in [9.17, 15) is 0 Å². The van der Waals surface area contributed by atoms with Gasteiger partial charge in [-0.1, -0.05) is 135 Å². The Morgan fingerprint density at radius 1 is 0.629 bits per heavy atom. The number of rotatable bonds is 9. The van der Waals surface area contributed by atoms with Crippen molar-refractivity contribution in [1.82, 2.24) is 10.6 Å². The van der Waals surface area contributed by atoms with Crippen LogP contribution in [0.1, 0.15) is 31.0 Å². The van der Waals surface area contributed by atoms with Crippen LogP contribution in [0, 0.1) is 5.92 Å². The van der Waals surface area contributed by atoms with Gasteiger partial charge in [0.15, 0.2) is 5.11 Å². The minimum absolute atomic E-state index is 0.00466. The molecule has 0 aliphatic heterocycles. The summed E-state index contributed by atoms with van der Waals surface area (Å²) in [7, 11) is -0.511. The summed E-state index contributed by atoms with van der Waals surface area (Å²) in [6.45, 7) is 4.55. The highest BCUT2D eigenvalue weighted by atomic mass is 32.1. The van der Waals surface area contributed by atoms with E-state index in [1.165, 1.54) is 21.7 Å². The Kier molecular flexibility index (Phi) is 9.06. The molecule has 0 aliphatic carbocycles.